The van der Waals surface area contributed by atoms with E-state index in [-0.39, 0.29) is 6.04 Å². The van der Waals surface area contributed by atoms with Crippen LogP contribution in [-0.2, 0) is 0 Å². The zero-order valence-electron chi connectivity index (χ0n) is 13.1. The largest absolute Gasteiger partial charge is 0.356 e. The number of aromatic nitrogens is 1. The van der Waals surface area contributed by atoms with Gasteiger partial charge >= 0.3 is 0 Å². The summed E-state index contributed by atoms with van der Waals surface area (Å²) in [6.07, 6.45) is 2.02. The zero-order chi connectivity index (χ0) is 15.4. The summed E-state index contributed by atoms with van der Waals surface area (Å²) in [5, 5.41) is 5.19. The van der Waals surface area contributed by atoms with E-state index in [1.807, 2.05) is 31.5 Å². The van der Waals surface area contributed by atoms with Gasteiger partial charge in [0.1, 0.15) is 5.69 Å². The molecule has 0 fully saturated rings. The minimum atomic E-state index is 0.110. The highest BCUT2D eigenvalue weighted by molar-refractivity contribution is 8.13. The predicted molar refractivity (Wildman–Crippen MR) is 89.7 cm³/mol. The van der Waals surface area contributed by atoms with Gasteiger partial charge in [-0.3, -0.25) is 4.99 Å². The predicted octanol–water partition coefficient (Wildman–Crippen LogP) is 3.99. The Morgan fingerprint density at radius 2 is 2.14 bits per heavy atom. The molecule has 0 amide bonds. The standard InChI is InChI=1S/C16H21N3OS/c1-11-7-6-8-13(9-11)15-10-14(18-20-15)12(2)19(4)16(17-3)21-5/h6-10,12H,1-5H3/b17-16-/t12-/m0/s1. The quantitative estimate of drug-likeness (QED) is 0.635. The fourth-order valence-corrected chi connectivity index (χ4v) is 2.81. The summed E-state index contributed by atoms with van der Waals surface area (Å²) in [5.41, 5.74) is 3.17. The third kappa shape index (κ3) is 3.47. The van der Waals surface area contributed by atoms with Crippen molar-refractivity contribution in [2.75, 3.05) is 20.4 Å². The fraction of sp³-hybridized carbons (Fsp3) is 0.375. The van der Waals surface area contributed by atoms with E-state index < -0.39 is 0 Å². The van der Waals surface area contributed by atoms with Gasteiger partial charge in [-0.2, -0.15) is 0 Å². The van der Waals surface area contributed by atoms with Crippen LogP contribution in [0.2, 0.25) is 0 Å². The van der Waals surface area contributed by atoms with Crippen LogP contribution < -0.4 is 0 Å². The van der Waals surface area contributed by atoms with Crippen LogP contribution in [0.1, 0.15) is 24.2 Å². The summed E-state index contributed by atoms with van der Waals surface area (Å²) in [7, 11) is 3.82. The van der Waals surface area contributed by atoms with Crippen molar-refractivity contribution in [1.82, 2.24) is 10.1 Å². The van der Waals surface area contributed by atoms with Gasteiger partial charge < -0.3 is 9.42 Å². The van der Waals surface area contributed by atoms with Gasteiger partial charge in [0, 0.05) is 25.7 Å². The van der Waals surface area contributed by atoms with Gasteiger partial charge in [0.05, 0.1) is 6.04 Å². The number of amidine groups is 1. The van der Waals surface area contributed by atoms with Gasteiger partial charge in [-0.15, -0.1) is 0 Å². The lowest BCUT2D eigenvalue weighted by molar-refractivity contribution is 0.362. The maximum Gasteiger partial charge on any atom is 0.167 e. The number of hydrogen-bond donors (Lipinski definition) is 0. The lowest BCUT2D eigenvalue weighted by Crippen LogP contribution is -2.27. The molecular formula is C16H21N3OS. The van der Waals surface area contributed by atoms with E-state index in [0.29, 0.717) is 0 Å². The van der Waals surface area contributed by atoms with Gasteiger partial charge in [0.2, 0.25) is 0 Å². The average molecular weight is 303 g/mol. The highest BCUT2D eigenvalue weighted by Gasteiger charge is 2.19. The number of aryl methyl sites for hydroxylation is 1. The lowest BCUT2D eigenvalue weighted by Gasteiger charge is -2.25. The van der Waals surface area contributed by atoms with Gasteiger partial charge in [-0.25, -0.2) is 0 Å². The first kappa shape index (κ1) is 15.6. The minimum Gasteiger partial charge on any atom is -0.356 e. The van der Waals surface area contributed by atoms with Crippen LogP contribution in [0, 0.1) is 6.92 Å². The number of rotatable bonds is 3. The molecule has 0 N–H and O–H groups in total. The van der Waals surface area contributed by atoms with Gasteiger partial charge in [-0.05, 0) is 26.2 Å². The van der Waals surface area contributed by atoms with E-state index in [4.69, 9.17) is 4.52 Å². The number of aliphatic imine (C=N–C) groups is 1. The number of benzene rings is 1. The first-order valence-electron chi connectivity index (χ1n) is 6.84. The molecule has 112 valence electrons. The molecule has 0 aliphatic carbocycles. The van der Waals surface area contributed by atoms with Crippen molar-refractivity contribution in [3.05, 3.63) is 41.6 Å². The van der Waals surface area contributed by atoms with Crippen LogP contribution in [0.5, 0.6) is 0 Å². The maximum absolute atomic E-state index is 5.50. The lowest BCUT2D eigenvalue weighted by atomic mass is 10.1. The molecule has 2 aromatic rings. The fourth-order valence-electron chi connectivity index (χ4n) is 2.18. The number of hydrogen-bond acceptors (Lipinski definition) is 4. The summed E-state index contributed by atoms with van der Waals surface area (Å²) in [5.74, 6) is 0.799. The summed E-state index contributed by atoms with van der Waals surface area (Å²) < 4.78 is 5.50. The zero-order valence-corrected chi connectivity index (χ0v) is 13.9. The first-order valence-corrected chi connectivity index (χ1v) is 8.06. The molecule has 0 unspecified atom stereocenters. The van der Waals surface area contributed by atoms with E-state index in [2.05, 4.69) is 41.0 Å². The SMILES string of the molecule is C/N=C(\SC)N(C)[C@@H](C)c1cc(-c2cccc(C)c2)on1. The maximum atomic E-state index is 5.50. The summed E-state index contributed by atoms with van der Waals surface area (Å²) >= 11 is 1.62. The van der Waals surface area contributed by atoms with Gasteiger partial charge in [0.15, 0.2) is 10.9 Å². The van der Waals surface area contributed by atoms with Crippen molar-refractivity contribution in [2.24, 2.45) is 4.99 Å². The molecule has 0 saturated carbocycles. The van der Waals surface area contributed by atoms with E-state index in [9.17, 15) is 0 Å². The molecule has 1 atom stereocenters. The second-order valence-corrected chi connectivity index (χ2v) is 5.76. The topological polar surface area (TPSA) is 41.6 Å². The highest BCUT2D eigenvalue weighted by atomic mass is 32.2. The molecule has 1 heterocycles. The molecule has 0 aliphatic heterocycles. The molecule has 5 heteroatoms. The van der Waals surface area contributed by atoms with Crippen molar-refractivity contribution in [3.8, 4) is 11.3 Å². The number of thioether (sulfide) groups is 1. The molecule has 21 heavy (non-hydrogen) atoms. The smallest absolute Gasteiger partial charge is 0.167 e. The van der Waals surface area contributed by atoms with Crippen LogP contribution >= 0.6 is 11.8 Å². The Morgan fingerprint density at radius 3 is 2.76 bits per heavy atom. The Bertz CT molecular complexity index is 636. The molecule has 0 bridgehead atoms. The minimum absolute atomic E-state index is 0.110. The van der Waals surface area contributed by atoms with Gasteiger partial charge in [-0.1, -0.05) is 40.7 Å². The van der Waals surface area contributed by atoms with Crippen LogP contribution in [0.3, 0.4) is 0 Å². The van der Waals surface area contributed by atoms with Crippen molar-refractivity contribution < 1.29 is 4.52 Å². The van der Waals surface area contributed by atoms with Crippen LogP contribution in [0.25, 0.3) is 11.3 Å². The van der Waals surface area contributed by atoms with E-state index in [1.165, 1.54) is 5.56 Å². The third-order valence-electron chi connectivity index (χ3n) is 3.52. The van der Waals surface area contributed by atoms with E-state index in [0.717, 1.165) is 22.2 Å². The van der Waals surface area contributed by atoms with Crippen LogP contribution in [0.4, 0.5) is 0 Å². The normalized spacial score (nSPS) is 13.3. The van der Waals surface area contributed by atoms with Gasteiger partial charge in [0.25, 0.3) is 0 Å². The molecule has 4 nitrogen and oxygen atoms in total. The second-order valence-electron chi connectivity index (χ2n) is 4.98. The van der Waals surface area contributed by atoms with E-state index in [1.54, 1.807) is 18.8 Å². The van der Waals surface area contributed by atoms with Crippen molar-refractivity contribution in [1.29, 1.82) is 0 Å². The Balaban J connectivity index is 2.23. The van der Waals surface area contributed by atoms with Crippen molar-refractivity contribution in [2.45, 2.75) is 19.9 Å². The third-order valence-corrected chi connectivity index (χ3v) is 4.35. The summed E-state index contributed by atoms with van der Waals surface area (Å²) in [6, 6.07) is 10.3. The highest BCUT2D eigenvalue weighted by Crippen LogP contribution is 2.26. The van der Waals surface area contributed by atoms with Crippen LogP contribution in [-0.4, -0.2) is 35.6 Å². The first-order chi connectivity index (χ1) is 10.1. The molecule has 0 radical (unpaired) electrons. The summed E-state index contributed by atoms with van der Waals surface area (Å²) in [6.45, 7) is 4.17. The van der Waals surface area contributed by atoms with Crippen molar-refractivity contribution in [3.63, 3.8) is 0 Å². The average Bonchev–Trinajstić information content (AvgIpc) is 2.97. The molecule has 1 aromatic heterocycles. The number of nitrogens with zero attached hydrogens (tertiary/aromatic N) is 3. The monoisotopic (exact) mass is 303 g/mol. The molecule has 1 aromatic carbocycles. The molecular weight excluding hydrogens is 282 g/mol. The Morgan fingerprint density at radius 1 is 1.38 bits per heavy atom. The molecule has 2 rings (SSSR count). The van der Waals surface area contributed by atoms with Crippen molar-refractivity contribution >= 4 is 16.9 Å². The molecule has 0 aliphatic rings. The van der Waals surface area contributed by atoms with Crippen LogP contribution in [0.15, 0.2) is 39.8 Å². The molecule has 0 saturated heterocycles. The Hall–Kier alpha value is -1.75. The van der Waals surface area contributed by atoms with E-state index >= 15 is 0 Å². The Labute approximate surface area is 130 Å². The summed E-state index contributed by atoms with van der Waals surface area (Å²) in [4.78, 5) is 6.38. The Kier molecular flexibility index (Phi) is 5.07. The molecule has 0 spiro atoms. The second kappa shape index (κ2) is 6.80.